The molecule has 0 saturated heterocycles. The van der Waals surface area contributed by atoms with Gasteiger partial charge in [-0.25, -0.2) is 4.79 Å². The highest BCUT2D eigenvalue weighted by atomic mass is 32.2. The molecular weight excluding hydrogens is 340 g/mol. The number of carbonyl (C=O) groups excluding carboxylic acids is 1. The molecule has 0 fully saturated rings. The Kier molecular flexibility index (Phi) is 6.41. The molecule has 25 heavy (non-hydrogen) atoms. The SMILES string of the molecule is CCCc1ccccc1OS(=O)(=O)c1cccc(NC(=O)NCC)c1. The number of benzene rings is 2. The number of amides is 2. The van der Waals surface area contributed by atoms with Crippen LogP contribution >= 0.6 is 0 Å². The maximum atomic E-state index is 12.6. The molecule has 0 saturated carbocycles. The van der Waals surface area contributed by atoms with Gasteiger partial charge in [-0.05, 0) is 43.2 Å². The zero-order chi connectivity index (χ0) is 18.3. The van der Waals surface area contributed by atoms with Crippen molar-refractivity contribution in [3.8, 4) is 5.75 Å². The highest BCUT2D eigenvalue weighted by Gasteiger charge is 2.19. The van der Waals surface area contributed by atoms with E-state index in [1.54, 1.807) is 31.2 Å². The number of anilines is 1. The molecule has 0 bridgehead atoms. The molecule has 6 nitrogen and oxygen atoms in total. The van der Waals surface area contributed by atoms with Crippen molar-refractivity contribution in [3.05, 3.63) is 54.1 Å². The molecule has 0 unspecified atom stereocenters. The third-order valence-corrected chi connectivity index (χ3v) is 4.64. The van der Waals surface area contributed by atoms with Crippen molar-refractivity contribution in [1.29, 1.82) is 0 Å². The van der Waals surface area contributed by atoms with Gasteiger partial charge in [0.1, 0.15) is 10.6 Å². The quantitative estimate of drug-likeness (QED) is 0.738. The summed E-state index contributed by atoms with van der Waals surface area (Å²) < 4.78 is 30.5. The fourth-order valence-electron chi connectivity index (χ4n) is 2.29. The van der Waals surface area contributed by atoms with Gasteiger partial charge in [0.05, 0.1) is 0 Å². The lowest BCUT2D eigenvalue weighted by molar-refractivity contribution is 0.252. The molecule has 0 aliphatic heterocycles. The molecule has 7 heteroatoms. The lowest BCUT2D eigenvalue weighted by atomic mass is 10.1. The minimum absolute atomic E-state index is 0.0203. The summed E-state index contributed by atoms with van der Waals surface area (Å²) in [4.78, 5) is 11.6. The van der Waals surface area contributed by atoms with Crippen LogP contribution in [0.3, 0.4) is 0 Å². The first-order valence-corrected chi connectivity index (χ1v) is 9.54. The number of carbonyl (C=O) groups is 1. The van der Waals surface area contributed by atoms with E-state index in [1.165, 1.54) is 12.1 Å². The number of hydrogen-bond acceptors (Lipinski definition) is 4. The van der Waals surface area contributed by atoms with Crippen LogP contribution in [0.4, 0.5) is 10.5 Å². The Morgan fingerprint density at radius 1 is 1.08 bits per heavy atom. The Hall–Kier alpha value is -2.54. The van der Waals surface area contributed by atoms with Gasteiger partial charge in [0, 0.05) is 12.2 Å². The van der Waals surface area contributed by atoms with Crippen molar-refractivity contribution in [2.45, 2.75) is 31.6 Å². The van der Waals surface area contributed by atoms with Gasteiger partial charge in [-0.1, -0.05) is 37.6 Å². The van der Waals surface area contributed by atoms with Crippen molar-refractivity contribution in [1.82, 2.24) is 5.32 Å². The van der Waals surface area contributed by atoms with Crippen LogP contribution in [-0.2, 0) is 16.5 Å². The van der Waals surface area contributed by atoms with E-state index >= 15 is 0 Å². The molecule has 2 aromatic carbocycles. The molecule has 0 radical (unpaired) electrons. The minimum atomic E-state index is -4.00. The molecule has 2 amide bonds. The Balaban J connectivity index is 2.24. The summed E-state index contributed by atoms with van der Waals surface area (Å²) in [6.45, 7) is 4.28. The predicted molar refractivity (Wildman–Crippen MR) is 97.4 cm³/mol. The molecule has 0 aliphatic carbocycles. The number of hydrogen-bond donors (Lipinski definition) is 2. The second kappa shape index (κ2) is 8.53. The van der Waals surface area contributed by atoms with Crippen molar-refractivity contribution >= 4 is 21.8 Å². The van der Waals surface area contributed by atoms with Gasteiger partial charge in [-0.2, -0.15) is 8.42 Å². The van der Waals surface area contributed by atoms with E-state index in [2.05, 4.69) is 10.6 Å². The Morgan fingerprint density at radius 2 is 1.84 bits per heavy atom. The summed E-state index contributed by atoms with van der Waals surface area (Å²) in [6.07, 6.45) is 1.61. The zero-order valence-electron chi connectivity index (χ0n) is 14.3. The molecule has 0 aliphatic rings. The third-order valence-electron chi connectivity index (χ3n) is 3.41. The number of nitrogens with one attached hydrogen (secondary N) is 2. The molecule has 2 rings (SSSR count). The van der Waals surface area contributed by atoms with Crippen molar-refractivity contribution in [2.24, 2.45) is 0 Å². The second-order valence-corrected chi connectivity index (χ2v) is 6.95. The first-order chi connectivity index (χ1) is 12.0. The van der Waals surface area contributed by atoms with Gasteiger partial charge in [-0.15, -0.1) is 0 Å². The van der Waals surface area contributed by atoms with Gasteiger partial charge in [0.15, 0.2) is 0 Å². The molecular formula is C18H22N2O4S. The summed E-state index contributed by atoms with van der Waals surface area (Å²) in [5.41, 5.74) is 1.21. The number of aryl methyl sites for hydroxylation is 1. The van der Waals surface area contributed by atoms with Crippen LogP contribution in [0.25, 0.3) is 0 Å². The van der Waals surface area contributed by atoms with Crippen LogP contribution in [0.1, 0.15) is 25.8 Å². The average Bonchev–Trinajstić information content (AvgIpc) is 2.57. The smallest absolute Gasteiger partial charge is 0.339 e. The number of para-hydroxylation sites is 1. The molecule has 0 aromatic heterocycles. The molecule has 0 spiro atoms. The zero-order valence-corrected chi connectivity index (χ0v) is 15.1. The lowest BCUT2D eigenvalue weighted by Crippen LogP contribution is -2.28. The highest BCUT2D eigenvalue weighted by Crippen LogP contribution is 2.25. The van der Waals surface area contributed by atoms with Gasteiger partial charge in [0.25, 0.3) is 0 Å². The summed E-state index contributed by atoms with van der Waals surface area (Å²) in [5.74, 6) is 0.325. The van der Waals surface area contributed by atoms with E-state index in [9.17, 15) is 13.2 Å². The summed E-state index contributed by atoms with van der Waals surface area (Å²) in [7, 11) is -4.00. The van der Waals surface area contributed by atoms with E-state index in [0.717, 1.165) is 18.4 Å². The molecule has 0 heterocycles. The second-order valence-electron chi connectivity index (χ2n) is 5.41. The first-order valence-electron chi connectivity index (χ1n) is 8.13. The predicted octanol–water partition coefficient (Wildman–Crippen LogP) is 3.55. The lowest BCUT2D eigenvalue weighted by Gasteiger charge is -2.12. The Labute approximate surface area is 148 Å². The standard InChI is InChI=1S/C18H22N2O4S/c1-3-8-14-9-5-6-12-17(14)24-25(22,23)16-11-7-10-15(13-16)20-18(21)19-4-2/h5-7,9-13H,3-4,8H2,1-2H3,(H2,19,20,21). The fraction of sp³-hybridized carbons (Fsp3) is 0.278. The van der Waals surface area contributed by atoms with Gasteiger partial charge < -0.3 is 14.8 Å². The summed E-state index contributed by atoms with van der Waals surface area (Å²) in [6, 6.07) is 12.6. The Morgan fingerprint density at radius 3 is 2.56 bits per heavy atom. The van der Waals surface area contributed by atoms with Gasteiger partial charge in [0.2, 0.25) is 0 Å². The van der Waals surface area contributed by atoms with Crippen molar-refractivity contribution < 1.29 is 17.4 Å². The molecule has 2 N–H and O–H groups in total. The maximum absolute atomic E-state index is 12.6. The molecule has 0 atom stereocenters. The summed E-state index contributed by atoms with van der Waals surface area (Å²) >= 11 is 0. The van der Waals surface area contributed by atoms with E-state index < -0.39 is 16.1 Å². The van der Waals surface area contributed by atoms with Crippen LogP contribution in [0.5, 0.6) is 5.75 Å². The fourth-order valence-corrected chi connectivity index (χ4v) is 3.30. The minimum Gasteiger partial charge on any atom is -0.379 e. The van der Waals surface area contributed by atoms with Crippen molar-refractivity contribution in [2.75, 3.05) is 11.9 Å². The van der Waals surface area contributed by atoms with Gasteiger partial charge in [-0.3, -0.25) is 0 Å². The van der Waals surface area contributed by atoms with Crippen LogP contribution in [-0.4, -0.2) is 21.0 Å². The van der Waals surface area contributed by atoms with Crippen LogP contribution in [0.2, 0.25) is 0 Å². The average molecular weight is 362 g/mol. The van der Waals surface area contributed by atoms with Crippen LogP contribution in [0, 0.1) is 0 Å². The van der Waals surface area contributed by atoms with Gasteiger partial charge >= 0.3 is 16.1 Å². The van der Waals surface area contributed by atoms with E-state index in [0.29, 0.717) is 18.0 Å². The Bertz CT molecular complexity index is 834. The molecule has 134 valence electrons. The largest absolute Gasteiger partial charge is 0.379 e. The highest BCUT2D eigenvalue weighted by molar-refractivity contribution is 7.87. The van der Waals surface area contributed by atoms with Crippen LogP contribution < -0.4 is 14.8 Å². The van der Waals surface area contributed by atoms with E-state index in [-0.39, 0.29) is 4.90 Å². The normalized spacial score (nSPS) is 11.0. The van der Waals surface area contributed by atoms with E-state index in [1.807, 2.05) is 19.1 Å². The third kappa shape index (κ3) is 5.22. The monoisotopic (exact) mass is 362 g/mol. The van der Waals surface area contributed by atoms with Crippen molar-refractivity contribution in [3.63, 3.8) is 0 Å². The number of rotatable bonds is 7. The summed E-state index contributed by atoms with van der Waals surface area (Å²) in [5, 5.41) is 5.16. The maximum Gasteiger partial charge on any atom is 0.339 e. The first kappa shape index (κ1) is 18.8. The number of urea groups is 1. The topological polar surface area (TPSA) is 84.5 Å². The van der Waals surface area contributed by atoms with E-state index in [4.69, 9.17) is 4.18 Å². The molecule has 2 aromatic rings. The van der Waals surface area contributed by atoms with Crippen LogP contribution in [0.15, 0.2) is 53.4 Å².